The van der Waals surface area contributed by atoms with E-state index in [0.717, 1.165) is 0 Å². The number of hydrogen-bond donors (Lipinski definition) is 3. The van der Waals surface area contributed by atoms with Crippen molar-refractivity contribution in [2.45, 2.75) is 13.0 Å². The summed E-state index contributed by atoms with van der Waals surface area (Å²) in [7, 11) is 0. The third-order valence-corrected chi connectivity index (χ3v) is 3.06. The molecule has 1 heterocycles. The van der Waals surface area contributed by atoms with Crippen LogP contribution in [0.25, 0.3) is 11.4 Å². The lowest BCUT2D eigenvalue weighted by atomic mass is 10.2. The number of urea groups is 1. The van der Waals surface area contributed by atoms with Gasteiger partial charge in [0.2, 0.25) is 17.6 Å². The van der Waals surface area contributed by atoms with E-state index in [2.05, 4.69) is 32.0 Å². The Labute approximate surface area is 143 Å². The van der Waals surface area contributed by atoms with Gasteiger partial charge >= 0.3 is 6.03 Å². The van der Waals surface area contributed by atoms with E-state index in [1.807, 2.05) is 0 Å². The van der Waals surface area contributed by atoms with Crippen molar-refractivity contribution >= 4 is 11.9 Å². The van der Waals surface area contributed by atoms with Crippen molar-refractivity contribution < 1.29 is 18.5 Å². The fourth-order valence-electron chi connectivity index (χ4n) is 1.81. The van der Waals surface area contributed by atoms with Gasteiger partial charge in [0.25, 0.3) is 0 Å². The summed E-state index contributed by atoms with van der Waals surface area (Å²) in [6.07, 6.45) is 5.01. The van der Waals surface area contributed by atoms with Gasteiger partial charge in [-0.1, -0.05) is 11.1 Å². The summed E-state index contributed by atoms with van der Waals surface area (Å²) in [5.74, 6) is 1.92. The third-order valence-electron chi connectivity index (χ3n) is 3.06. The highest BCUT2D eigenvalue weighted by atomic mass is 19.1. The van der Waals surface area contributed by atoms with E-state index < -0.39 is 18.0 Å². The molecule has 1 aromatic carbocycles. The molecule has 0 unspecified atom stereocenters. The average Bonchev–Trinajstić information content (AvgIpc) is 3.09. The number of nitrogens with one attached hydrogen (secondary N) is 3. The molecule has 25 heavy (non-hydrogen) atoms. The maximum absolute atomic E-state index is 12.9. The number of hydrogen-bond acceptors (Lipinski definition) is 5. The summed E-state index contributed by atoms with van der Waals surface area (Å²) in [6.45, 7) is 1.51. The number of carbonyl (C=O) groups is 2. The van der Waals surface area contributed by atoms with E-state index in [1.54, 1.807) is 6.92 Å². The number of rotatable bonds is 6. The van der Waals surface area contributed by atoms with Crippen LogP contribution in [0.2, 0.25) is 0 Å². The van der Waals surface area contributed by atoms with E-state index in [0.29, 0.717) is 5.56 Å². The lowest BCUT2D eigenvalue weighted by Crippen LogP contribution is -2.42. The Hall–Kier alpha value is -3.41. The largest absolute Gasteiger partial charge is 0.344 e. The molecular weight excluding hydrogens is 329 g/mol. The van der Waals surface area contributed by atoms with Gasteiger partial charge in [0.1, 0.15) is 11.9 Å². The molecule has 0 aliphatic rings. The molecule has 3 amide bonds. The van der Waals surface area contributed by atoms with Gasteiger partial charge in [0.05, 0.1) is 13.1 Å². The summed E-state index contributed by atoms with van der Waals surface area (Å²) in [6, 6.07) is 4.44. The summed E-state index contributed by atoms with van der Waals surface area (Å²) < 4.78 is 18.0. The van der Waals surface area contributed by atoms with Crippen molar-refractivity contribution in [3.8, 4) is 23.7 Å². The van der Waals surface area contributed by atoms with Crippen LogP contribution < -0.4 is 16.0 Å². The Kier molecular flexibility index (Phi) is 6.06. The summed E-state index contributed by atoms with van der Waals surface area (Å²) in [5.41, 5.74) is 0.582. The van der Waals surface area contributed by atoms with Crippen molar-refractivity contribution in [1.82, 2.24) is 26.1 Å². The first kappa shape index (κ1) is 17.9. The van der Waals surface area contributed by atoms with Crippen LogP contribution >= 0.6 is 0 Å². The Morgan fingerprint density at radius 3 is 2.72 bits per heavy atom. The third kappa shape index (κ3) is 5.31. The van der Waals surface area contributed by atoms with E-state index in [4.69, 9.17) is 10.9 Å². The zero-order chi connectivity index (χ0) is 18.2. The average molecular weight is 345 g/mol. The van der Waals surface area contributed by atoms with E-state index in [9.17, 15) is 14.0 Å². The normalized spacial score (nSPS) is 11.2. The van der Waals surface area contributed by atoms with Crippen molar-refractivity contribution in [1.29, 1.82) is 0 Å². The number of amides is 3. The molecule has 2 rings (SSSR count). The standard InChI is InChI=1S/C16H16FN5O3/c1-3-8-18-13(23)9-19-16(24)20-10(2)15-21-14(22-25-15)11-4-6-12(17)7-5-11/h1,4-7,10H,8-9H2,2H3,(H,18,23)(H2,19,20,24)/t10-/m0/s1. The Morgan fingerprint density at radius 2 is 2.04 bits per heavy atom. The van der Waals surface area contributed by atoms with E-state index in [1.165, 1.54) is 24.3 Å². The topological polar surface area (TPSA) is 109 Å². The Bertz CT molecular complexity index is 782. The zero-order valence-corrected chi connectivity index (χ0v) is 13.4. The van der Waals surface area contributed by atoms with Crippen molar-refractivity contribution in [3.63, 3.8) is 0 Å². The first-order valence-corrected chi connectivity index (χ1v) is 7.33. The van der Waals surface area contributed by atoms with Crippen LogP contribution in [0.15, 0.2) is 28.8 Å². The molecule has 1 atom stereocenters. The van der Waals surface area contributed by atoms with Gasteiger partial charge in [-0.25, -0.2) is 9.18 Å². The molecule has 0 radical (unpaired) electrons. The molecule has 9 heteroatoms. The highest BCUT2D eigenvalue weighted by Crippen LogP contribution is 2.18. The Balaban J connectivity index is 1.87. The zero-order valence-electron chi connectivity index (χ0n) is 13.4. The molecular formula is C16H16FN5O3. The highest BCUT2D eigenvalue weighted by Gasteiger charge is 2.17. The summed E-state index contributed by atoms with van der Waals surface area (Å²) in [5, 5.41) is 11.1. The maximum atomic E-state index is 12.9. The molecule has 3 N–H and O–H groups in total. The number of carbonyl (C=O) groups excluding carboxylic acids is 2. The van der Waals surface area contributed by atoms with Gasteiger partial charge in [-0.05, 0) is 31.2 Å². The van der Waals surface area contributed by atoms with E-state index in [-0.39, 0.29) is 30.6 Å². The van der Waals surface area contributed by atoms with Crippen LogP contribution in [-0.4, -0.2) is 35.2 Å². The molecule has 0 aliphatic carbocycles. The first-order chi connectivity index (χ1) is 12.0. The predicted octanol–water partition coefficient (Wildman–Crippen LogP) is 0.985. The van der Waals surface area contributed by atoms with Crippen molar-refractivity contribution in [2.24, 2.45) is 0 Å². The fraction of sp³-hybridized carbons (Fsp3) is 0.250. The second kappa shape index (κ2) is 8.44. The van der Waals surface area contributed by atoms with Crippen LogP contribution in [0.5, 0.6) is 0 Å². The molecule has 2 aromatic rings. The second-order valence-electron chi connectivity index (χ2n) is 4.99. The monoisotopic (exact) mass is 345 g/mol. The first-order valence-electron chi connectivity index (χ1n) is 7.33. The minimum atomic E-state index is -0.588. The summed E-state index contributed by atoms with van der Waals surface area (Å²) in [4.78, 5) is 27.2. The molecule has 0 saturated carbocycles. The van der Waals surface area contributed by atoms with Crippen LogP contribution in [0.1, 0.15) is 18.9 Å². The van der Waals surface area contributed by atoms with Gasteiger partial charge in [0.15, 0.2) is 0 Å². The molecule has 0 bridgehead atoms. The predicted molar refractivity (Wildman–Crippen MR) is 86.5 cm³/mol. The number of halogens is 1. The lowest BCUT2D eigenvalue weighted by Gasteiger charge is -2.10. The molecule has 0 fully saturated rings. The quantitative estimate of drug-likeness (QED) is 0.676. The smallest absolute Gasteiger partial charge is 0.315 e. The Morgan fingerprint density at radius 1 is 1.32 bits per heavy atom. The minimum absolute atomic E-state index is 0.0900. The molecule has 130 valence electrons. The number of benzene rings is 1. The van der Waals surface area contributed by atoms with Gasteiger partial charge in [-0.2, -0.15) is 4.98 Å². The fourth-order valence-corrected chi connectivity index (χ4v) is 1.81. The maximum Gasteiger partial charge on any atom is 0.315 e. The number of aromatic nitrogens is 2. The van der Waals surface area contributed by atoms with Gasteiger partial charge < -0.3 is 20.5 Å². The van der Waals surface area contributed by atoms with Gasteiger partial charge in [-0.3, -0.25) is 4.79 Å². The van der Waals surface area contributed by atoms with Crippen molar-refractivity contribution in [3.05, 3.63) is 36.0 Å². The lowest BCUT2D eigenvalue weighted by molar-refractivity contribution is -0.119. The highest BCUT2D eigenvalue weighted by molar-refractivity contribution is 5.84. The SMILES string of the molecule is C#CCNC(=O)CNC(=O)N[C@@H](C)c1nc(-c2ccc(F)cc2)no1. The van der Waals surface area contributed by atoms with E-state index >= 15 is 0 Å². The number of nitrogens with zero attached hydrogens (tertiary/aromatic N) is 2. The van der Waals surface area contributed by atoms with Gasteiger partial charge in [0, 0.05) is 5.56 Å². The van der Waals surface area contributed by atoms with Crippen LogP contribution in [0, 0.1) is 18.2 Å². The van der Waals surface area contributed by atoms with Crippen molar-refractivity contribution in [2.75, 3.05) is 13.1 Å². The van der Waals surface area contributed by atoms with Crippen LogP contribution in [0.3, 0.4) is 0 Å². The second-order valence-corrected chi connectivity index (χ2v) is 4.99. The summed E-state index contributed by atoms with van der Waals surface area (Å²) >= 11 is 0. The molecule has 0 spiro atoms. The molecule has 1 aromatic heterocycles. The molecule has 0 aliphatic heterocycles. The van der Waals surface area contributed by atoms with Crippen LogP contribution in [0.4, 0.5) is 9.18 Å². The number of terminal acetylenes is 1. The molecule has 0 saturated heterocycles. The molecule has 8 nitrogen and oxygen atoms in total. The van der Waals surface area contributed by atoms with Crippen LogP contribution in [-0.2, 0) is 4.79 Å². The minimum Gasteiger partial charge on any atom is -0.344 e. The van der Waals surface area contributed by atoms with Gasteiger partial charge in [-0.15, -0.1) is 6.42 Å².